The Morgan fingerprint density at radius 1 is 1.03 bits per heavy atom. The summed E-state index contributed by atoms with van der Waals surface area (Å²) in [4.78, 5) is 29.0. The molecule has 1 N–H and O–H groups in total. The molecule has 2 aliphatic rings. The number of unbranched alkanes of at least 4 members (excludes halogenated alkanes) is 1. The number of carbonyl (C=O) groups excluding carboxylic acids is 2. The predicted molar refractivity (Wildman–Crippen MR) is 138 cm³/mol. The highest BCUT2D eigenvalue weighted by molar-refractivity contribution is 5.99. The average Bonchev–Trinajstić information content (AvgIpc) is 3.36. The van der Waals surface area contributed by atoms with E-state index in [0.717, 1.165) is 68.0 Å². The van der Waals surface area contributed by atoms with Crippen LogP contribution in [0.5, 0.6) is 5.75 Å². The van der Waals surface area contributed by atoms with Gasteiger partial charge in [0.2, 0.25) is 5.76 Å². The molecular weight excluding hydrogens is 458 g/mol. The number of benzene rings is 2. The molecule has 0 unspecified atom stereocenters. The summed E-state index contributed by atoms with van der Waals surface area (Å²) in [6.45, 7) is 5.87. The van der Waals surface area contributed by atoms with Crippen LogP contribution in [0.2, 0.25) is 0 Å². The molecule has 0 bridgehead atoms. The number of carbonyl (C=O) groups is 2. The van der Waals surface area contributed by atoms with Crippen LogP contribution in [-0.4, -0.2) is 69.8 Å². The van der Waals surface area contributed by atoms with Gasteiger partial charge in [-0.15, -0.1) is 0 Å². The van der Waals surface area contributed by atoms with Gasteiger partial charge in [-0.2, -0.15) is 0 Å². The van der Waals surface area contributed by atoms with Crippen LogP contribution < -0.4 is 15.0 Å². The highest BCUT2D eigenvalue weighted by atomic mass is 16.5. The number of hydrogen-bond donors (Lipinski definition) is 1. The summed E-state index contributed by atoms with van der Waals surface area (Å²) in [5, 5.41) is 3.93. The number of rotatable bonds is 8. The number of para-hydroxylation sites is 1. The van der Waals surface area contributed by atoms with E-state index in [-0.39, 0.29) is 11.7 Å². The van der Waals surface area contributed by atoms with Crippen molar-refractivity contribution in [3.63, 3.8) is 0 Å². The zero-order valence-corrected chi connectivity index (χ0v) is 20.5. The zero-order valence-electron chi connectivity index (χ0n) is 20.5. The quantitative estimate of drug-likeness (QED) is 0.381. The third-order valence-corrected chi connectivity index (χ3v) is 6.73. The summed E-state index contributed by atoms with van der Waals surface area (Å²) >= 11 is 0. The monoisotopic (exact) mass is 489 g/mol. The number of piperazine rings is 1. The number of furan rings is 1. The molecule has 0 atom stereocenters. The standard InChI is InChI=1S/C28H31N3O5/c1-34-28(33)26-18-21-17-23(8-9-25(21)36-26)31-14-12-30(13-15-31)11-5-4-10-29-27(32)22-16-20-6-2-3-7-24(20)35-19-22/h2-3,6-9,16-18H,4-5,10-15,19H2,1H3,(H,29,32). The van der Waals surface area contributed by atoms with E-state index in [0.29, 0.717) is 24.3 Å². The fraction of sp³-hybridized carbons (Fsp3) is 0.357. The molecule has 0 spiro atoms. The molecule has 1 amide bonds. The third-order valence-electron chi connectivity index (χ3n) is 6.73. The first-order valence-electron chi connectivity index (χ1n) is 12.4. The molecule has 2 aromatic carbocycles. The summed E-state index contributed by atoms with van der Waals surface area (Å²) in [6, 6.07) is 15.5. The maximum atomic E-state index is 12.5. The van der Waals surface area contributed by atoms with Gasteiger partial charge in [0, 0.05) is 49.4 Å². The van der Waals surface area contributed by atoms with E-state index < -0.39 is 5.97 Å². The van der Waals surface area contributed by atoms with Gasteiger partial charge in [-0.25, -0.2) is 4.79 Å². The van der Waals surface area contributed by atoms with E-state index in [1.165, 1.54) is 7.11 Å². The van der Waals surface area contributed by atoms with Gasteiger partial charge in [0.15, 0.2) is 0 Å². The molecule has 0 aliphatic carbocycles. The van der Waals surface area contributed by atoms with E-state index in [1.54, 1.807) is 6.07 Å². The number of esters is 1. The predicted octanol–water partition coefficient (Wildman–Crippen LogP) is 3.71. The van der Waals surface area contributed by atoms with Crippen LogP contribution in [0, 0.1) is 0 Å². The van der Waals surface area contributed by atoms with Crippen molar-refractivity contribution in [3.05, 3.63) is 65.4 Å². The van der Waals surface area contributed by atoms with Crippen molar-refractivity contribution in [2.24, 2.45) is 0 Å². The highest BCUT2D eigenvalue weighted by Gasteiger charge is 2.19. The van der Waals surface area contributed by atoms with Crippen LogP contribution in [0.25, 0.3) is 17.0 Å². The van der Waals surface area contributed by atoms with Gasteiger partial charge in [0.05, 0.1) is 12.7 Å². The van der Waals surface area contributed by atoms with Crippen LogP contribution in [0.15, 0.2) is 58.5 Å². The minimum Gasteiger partial charge on any atom is -0.488 e. The number of nitrogens with one attached hydrogen (secondary N) is 1. The van der Waals surface area contributed by atoms with Crippen molar-refractivity contribution in [3.8, 4) is 5.75 Å². The minimum atomic E-state index is -0.466. The Kier molecular flexibility index (Phi) is 7.23. The van der Waals surface area contributed by atoms with Crippen molar-refractivity contribution in [1.82, 2.24) is 10.2 Å². The normalized spacial score (nSPS) is 15.7. The molecule has 2 aliphatic heterocycles. The molecule has 0 saturated carbocycles. The Labute approximate surface area is 210 Å². The lowest BCUT2D eigenvalue weighted by atomic mass is 10.1. The second-order valence-electron chi connectivity index (χ2n) is 9.11. The number of ether oxygens (including phenoxy) is 2. The van der Waals surface area contributed by atoms with Crippen LogP contribution in [-0.2, 0) is 9.53 Å². The summed E-state index contributed by atoms with van der Waals surface area (Å²) in [7, 11) is 1.35. The minimum absolute atomic E-state index is 0.0496. The van der Waals surface area contributed by atoms with Crippen LogP contribution in [0.1, 0.15) is 29.0 Å². The lowest BCUT2D eigenvalue weighted by Crippen LogP contribution is -2.46. The summed E-state index contributed by atoms with van der Waals surface area (Å²) < 4.78 is 16.0. The Hall–Kier alpha value is -3.78. The van der Waals surface area contributed by atoms with Gasteiger partial charge in [0.1, 0.15) is 17.9 Å². The van der Waals surface area contributed by atoms with E-state index in [1.807, 2.05) is 42.5 Å². The second kappa shape index (κ2) is 10.9. The second-order valence-corrected chi connectivity index (χ2v) is 9.11. The van der Waals surface area contributed by atoms with Crippen LogP contribution >= 0.6 is 0 Å². The van der Waals surface area contributed by atoms with Gasteiger partial charge < -0.3 is 24.1 Å². The first-order chi connectivity index (χ1) is 17.6. The fourth-order valence-electron chi connectivity index (χ4n) is 4.68. The molecule has 1 aromatic heterocycles. The van der Waals surface area contributed by atoms with Crippen molar-refractivity contribution >= 4 is 34.6 Å². The zero-order chi connectivity index (χ0) is 24.9. The molecule has 3 aromatic rings. The molecule has 0 radical (unpaired) electrons. The smallest absolute Gasteiger partial charge is 0.373 e. The van der Waals surface area contributed by atoms with E-state index in [4.69, 9.17) is 13.9 Å². The van der Waals surface area contributed by atoms with E-state index in [2.05, 4.69) is 21.2 Å². The molecule has 1 saturated heterocycles. The average molecular weight is 490 g/mol. The summed E-state index contributed by atoms with van der Waals surface area (Å²) in [6.07, 6.45) is 3.89. The highest BCUT2D eigenvalue weighted by Crippen LogP contribution is 2.27. The molecule has 188 valence electrons. The van der Waals surface area contributed by atoms with Gasteiger partial charge in [-0.3, -0.25) is 9.69 Å². The van der Waals surface area contributed by atoms with E-state index in [9.17, 15) is 9.59 Å². The molecule has 1 fully saturated rings. The molecule has 8 nitrogen and oxygen atoms in total. The molecule has 5 rings (SSSR count). The van der Waals surface area contributed by atoms with Crippen LogP contribution in [0.4, 0.5) is 5.69 Å². The number of methoxy groups -OCH3 is 1. The van der Waals surface area contributed by atoms with Crippen molar-refractivity contribution in [2.75, 3.05) is 57.9 Å². The number of hydrogen-bond acceptors (Lipinski definition) is 7. The topological polar surface area (TPSA) is 84.2 Å². The number of anilines is 1. The Morgan fingerprint density at radius 3 is 2.69 bits per heavy atom. The lowest BCUT2D eigenvalue weighted by molar-refractivity contribution is -0.117. The first kappa shape index (κ1) is 23.9. The Balaban J connectivity index is 1.03. The maximum Gasteiger partial charge on any atom is 0.373 e. The Bertz CT molecular complexity index is 1270. The van der Waals surface area contributed by atoms with Crippen molar-refractivity contribution < 1.29 is 23.5 Å². The van der Waals surface area contributed by atoms with Gasteiger partial charge in [-0.1, -0.05) is 18.2 Å². The molecule has 8 heteroatoms. The number of nitrogens with zero attached hydrogens (tertiary/aromatic N) is 2. The van der Waals surface area contributed by atoms with E-state index >= 15 is 0 Å². The Morgan fingerprint density at radius 2 is 1.86 bits per heavy atom. The van der Waals surface area contributed by atoms with Crippen molar-refractivity contribution in [2.45, 2.75) is 12.8 Å². The van der Waals surface area contributed by atoms with Gasteiger partial charge >= 0.3 is 5.97 Å². The van der Waals surface area contributed by atoms with Gasteiger partial charge in [-0.05, 0) is 55.8 Å². The maximum absolute atomic E-state index is 12.5. The van der Waals surface area contributed by atoms with Gasteiger partial charge in [0.25, 0.3) is 5.91 Å². The largest absolute Gasteiger partial charge is 0.488 e. The molecular formula is C28H31N3O5. The molecule has 3 heterocycles. The number of fused-ring (bicyclic) bond motifs is 2. The number of amides is 1. The molecule has 36 heavy (non-hydrogen) atoms. The first-order valence-corrected chi connectivity index (χ1v) is 12.4. The lowest BCUT2D eigenvalue weighted by Gasteiger charge is -2.36. The summed E-state index contributed by atoms with van der Waals surface area (Å²) in [5.74, 6) is 0.530. The van der Waals surface area contributed by atoms with Crippen LogP contribution in [0.3, 0.4) is 0 Å². The van der Waals surface area contributed by atoms with Crippen molar-refractivity contribution in [1.29, 1.82) is 0 Å². The summed E-state index contributed by atoms with van der Waals surface area (Å²) in [5.41, 5.74) is 3.43. The third kappa shape index (κ3) is 5.39. The SMILES string of the molecule is COC(=O)c1cc2cc(N3CCN(CCCCNC(=O)C4=Cc5ccccc5OC4)CC3)ccc2o1. The fourth-order valence-corrected chi connectivity index (χ4v) is 4.68.